The monoisotopic (exact) mass is 136 g/mol. The third-order valence-corrected chi connectivity index (χ3v) is 1.21. The number of hydrogen-bond acceptors (Lipinski definition) is 5. The summed E-state index contributed by atoms with van der Waals surface area (Å²) in [4.78, 5) is 0. The average molecular weight is 136 g/mol. The second-order valence-corrected chi connectivity index (χ2v) is 2.03. The normalized spacial score (nSPS) is 14.0. The van der Waals surface area contributed by atoms with Crippen LogP contribution in [0.3, 0.4) is 0 Å². The molecule has 0 unspecified atom stereocenters. The largest absolute Gasteiger partial charge is 0.341 e. The Balaban J connectivity index is 4.14. The van der Waals surface area contributed by atoms with Crippen molar-refractivity contribution in [3.8, 4) is 0 Å². The molecule has 0 heterocycles. The standard InChI is InChI=1S/C4H12N2O3/c1-2-3(5,6)4(7,8)9/h7-9H,2,5-6H2,1H3. The molecule has 56 valence electrons. The molecule has 0 saturated carbocycles. The molecule has 0 saturated heterocycles. The third kappa shape index (κ3) is 1.88. The summed E-state index contributed by atoms with van der Waals surface area (Å²) >= 11 is 0. The van der Waals surface area contributed by atoms with Crippen LogP contribution >= 0.6 is 0 Å². The van der Waals surface area contributed by atoms with Crippen LogP contribution in [0.2, 0.25) is 0 Å². The molecule has 0 aromatic heterocycles. The van der Waals surface area contributed by atoms with Crippen molar-refractivity contribution in [2.45, 2.75) is 25.0 Å². The van der Waals surface area contributed by atoms with Crippen LogP contribution in [0, 0.1) is 0 Å². The molecular weight excluding hydrogens is 124 g/mol. The third-order valence-electron chi connectivity index (χ3n) is 1.21. The molecule has 0 aromatic carbocycles. The first kappa shape index (κ1) is 8.80. The molecule has 0 bridgehead atoms. The average Bonchev–Trinajstić information content (AvgIpc) is 1.64. The van der Waals surface area contributed by atoms with E-state index in [0.717, 1.165) is 0 Å². The molecule has 0 radical (unpaired) electrons. The van der Waals surface area contributed by atoms with E-state index in [2.05, 4.69) is 0 Å². The van der Waals surface area contributed by atoms with Gasteiger partial charge in [-0.1, -0.05) is 6.92 Å². The lowest BCUT2D eigenvalue weighted by Crippen LogP contribution is -2.66. The van der Waals surface area contributed by atoms with E-state index in [4.69, 9.17) is 26.8 Å². The highest BCUT2D eigenvalue weighted by Crippen LogP contribution is 2.10. The first-order valence-corrected chi connectivity index (χ1v) is 2.56. The lowest BCUT2D eigenvalue weighted by atomic mass is 10.1. The summed E-state index contributed by atoms with van der Waals surface area (Å²) in [5, 5.41) is 25.2. The summed E-state index contributed by atoms with van der Waals surface area (Å²) in [5.41, 5.74) is 8.19. The Labute approximate surface area is 52.9 Å². The van der Waals surface area contributed by atoms with Gasteiger partial charge >= 0.3 is 5.97 Å². The Morgan fingerprint density at radius 2 is 1.56 bits per heavy atom. The Morgan fingerprint density at radius 3 is 1.56 bits per heavy atom. The van der Waals surface area contributed by atoms with Crippen molar-refractivity contribution in [1.82, 2.24) is 0 Å². The maximum Gasteiger partial charge on any atom is 0.308 e. The van der Waals surface area contributed by atoms with Gasteiger partial charge in [0.2, 0.25) is 0 Å². The molecule has 0 aliphatic carbocycles. The van der Waals surface area contributed by atoms with Crippen molar-refractivity contribution in [3.63, 3.8) is 0 Å². The van der Waals surface area contributed by atoms with Crippen LogP contribution in [0.4, 0.5) is 0 Å². The summed E-state index contributed by atoms with van der Waals surface area (Å²) in [6.07, 6.45) is 0.0660. The van der Waals surface area contributed by atoms with Crippen molar-refractivity contribution < 1.29 is 15.3 Å². The molecule has 0 spiro atoms. The predicted molar refractivity (Wildman–Crippen MR) is 30.8 cm³/mol. The second-order valence-electron chi connectivity index (χ2n) is 2.03. The van der Waals surface area contributed by atoms with Gasteiger partial charge < -0.3 is 26.8 Å². The van der Waals surface area contributed by atoms with Gasteiger partial charge in [-0.25, -0.2) is 0 Å². The lowest BCUT2D eigenvalue weighted by Gasteiger charge is -2.31. The highest BCUT2D eigenvalue weighted by molar-refractivity contribution is 4.81. The van der Waals surface area contributed by atoms with Gasteiger partial charge in [0.25, 0.3) is 0 Å². The van der Waals surface area contributed by atoms with E-state index >= 15 is 0 Å². The highest BCUT2D eigenvalue weighted by atomic mass is 16.7. The maximum atomic E-state index is 8.41. The van der Waals surface area contributed by atoms with E-state index in [1.807, 2.05) is 0 Å². The number of hydrogen-bond donors (Lipinski definition) is 5. The Hall–Kier alpha value is -0.200. The minimum absolute atomic E-state index is 0.0660. The van der Waals surface area contributed by atoms with Crippen LogP contribution in [0.15, 0.2) is 0 Å². The van der Waals surface area contributed by atoms with Gasteiger partial charge in [-0.3, -0.25) is 0 Å². The van der Waals surface area contributed by atoms with E-state index in [-0.39, 0.29) is 6.42 Å². The molecule has 0 rings (SSSR count). The second kappa shape index (κ2) is 2.20. The zero-order chi connectivity index (χ0) is 7.71. The SMILES string of the molecule is CCC(N)(N)C(O)(O)O. The first-order chi connectivity index (χ1) is 3.81. The molecule has 7 N–H and O–H groups in total. The van der Waals surface area contributed by atoms with Crippen molar-refractivity contribution >= 4 is 0 Å². The molecule has 5 nitrogen and oxygen atoms in total. The topological polar surface area (TPSA) is 113 Å². The quantitative estimate of drug-likeness (QED) is 0.272. The number of nitrogens with two attached hydrogens (primary N) is 2. The minimum Gasteiger partial charge on any atom is -0.341 e. The van der Waals surface area contributed by atoms with Crippen molar-refractivity contribution in [2.75, 3.05) is 0 Å². The zero-order valence-corrected chi connectivity index (χ0v) is 5.20. The van der Waals surface area contributed by atoms with Crippen molar-refractivity contribution in [3.05, 3.63) is 0 Å². The summed E-state index contributed by atoms with van der Waals surface area (Å²) in [6, 6.07) is 0. The van der Waals surface area contributed by atoms with Gasteiger partial charge in [-0.2, -0.15) is 0 Å². The summed E-state index contributed by atoms with van der Waals surface area (Å²) < 4.78 is 0. The molecule has 0 fully saturated rings. The van der Waals surface area contributed by atoms with Crippen LogP contribution in [-0.4, -0.2) is 27.0 Å². The fourth-order valence-corrected chi connectivity index (χ4v) is 0.237. The van der Waals surface area contributed by atoms with Gasteiger partial charge in [0, 0.05) is 0 Å². The highest BCUT2D eigenvalue weighted by Gasteiger charge is 2.40. The van der Waals surface area contributed by atoms with Gasteiger partial charge in [0.05, 0.1) is 0 Å². The van der Waals surface area contributed by atoms with E-state index in [1.165, 1.54) is 6.92 Å². The first-order valence-electron chi connectivity index (χ1n) is 2.56. The van der Waals surface area contributed by atoms with Crippen molar-refractivity contribution in [1.29, 1.82) is 0 Å². The molecule has 0 aliphatic heterocycles. The molecule has 0 aromatic rings. The lowest BCUT2D eigenvalue weighted by molar-refractivity contribution is -0.348. The molecule has 5 heteroatoms. The van der Waals surface area contributed by atoms with E-state index in [9.17, 15) is 0 Å². The van der Waals surface area contributed by atoms with Crippen LogP contribution in [0.1, 0.15) is 13.3 Å². The number of rotatable bonds is 2. The molecular formula is C4H12N2O3. The van der Waals surface area contributed by atoms with Crippen LogP contribution in [0.5, 0.6) is 0 Å². The molecule has 0 atom stereocenters. The van der Waals surface area contributed by atoms with Gasteiger partial charge in [-0.15, -0.1) is 0 Å². The van der Waals surface area contributed by atoms with E-state index in [0.29, 0.717) is 0 Å². The fraction of sp³-hybridized carbons (Fsp3) is 1.00. The zero-order valence-electron chi connectivity index (χ0n) is 5.20. The van der Waals surface area contributed by atoms with Crippen LogP contribution in [0.25, 0.3) is 0 Å². The summed E-state index contributed by atoms with van der Waals surface area (Å²) in [7, 11) is 0. The molecule has 9 heavy (non-hydrogen) atoms. The Bertz CT molecular complexity index is 96.5. The van der Waals surface area contributed by atoms with Crippen LogP contribution < -0.4 is 11.5 Å². The Kier molecular flexibility index (Phi) is 2.15. The minimum atomic E-state index is -3.00. The summed E-state index contributed by atoms with van der Waals surface area (Å²) in [5.74, 6) is -3.00. The van der Waals surface area contributed by atoms with Gasteiger partial charge in [0.15, 0.2) is 0 Å². The summed E-state index contributed by atoms with van der Waals surface area (Å²) in [6.45, 7) is 1.53. The maximum absolute atomic E-state index is 8.41. The van der Waals surface area contributed by atoms with E-state index < -0.39 is 11.6 Å². The molecule has 0 aliphatic rings. The van der Waals surface area contributed by atoms with Crippen LogP contribution in [-0.2, 0) is 0 Å². The Morgan fingerprint density at radius 1 is 1.22 bits per heavy atom. The number of aliphatic hydroxyl groups is 3. The van der Waals surface area contributed by atoms with Gasteiger partial charge in [0.1, 0.15) is 5.66 Å². The van der Waals surface area contributed by atoms with E-state index in [1.54, 1.807) is 0 Å². The molecule has 0 amide bonds. The van der Waals surface area contributed by atoms with Crippen molar-refractivity contribution in [2.24, 2.45) is 11.5 Å². The smallest absolute Gasteiger partial charge is 0.308 e. The fourth-order valence-electron chi connectivity index (χ4n) is 0.237. The van der Waals surface area contributed by atoms with Gasteiger partial charge in [-0.05, 0) is 6.42 Å². The predicted octanol–water partition coefficient (Wildman–Crippen LogP) is -2.36.